The van der Waals surface area contributed by atoms with Crippen molar-refractivity contribution >= 4 is 15.9 Å². The smallest absolute Gasteiger partial charge is 0.137 e. The van der Waals surface area contributed by atoms with Gasteiger partial charge in [-0.3, -0.25) is 0 Å². The Morgan fingerprint density at radius 1 is 1.50 bits per heavy atom. The molecule has 0 radical (unpaired) electrons. The Morgan fingerprint density at radius 3 is 3.06 bits per heavy atom. The Hall–Kier alpha value is -0.450. The Morgan fingerprint density at radius 2 is 2.38 bits per heavy atom. The lowest BCUT2D eigenvalue weighted by molar-refractivity contribution is 0.0743. The minimum Gasteiger partial charge on any atom is -0.379 e. The molecule has 2 rings (SSSR count). The van der Waals surface area contributed by atoms with Gasteiger partial charge >= 0.3 is 0 Å². The van der Waals surface area contributed by atoms with Gasteiger partial charge < -0.3 is 10.1 Å². The van der Waals surface area contributed by atoms with Gasteiger partial charge in [-0.1, -0.05) is 6.07 Å². The SMILES string of the molecule is Fc1ccc(CCC2COCCN2)cc1Br. The van der Waals surface area contributed by atoms with Crippen LogP contribution in [0.2, 0.25) is 0 Å². The molecule has 0 saturated carbocycles. The number of ether oxygens (including phenoxy) is 1. The van der Waals surface area contributed by atoms with Crippen molar-refractivity contribution in [2.75, 3.05) is 19.8 Å². The van der Waals surface area contributed by atoms with E-state index in [1.807, 2.05) is 12.1 Å². The van der Waals surface area contributed by atoms with Crippen molar-refractivity contribution in [2.24, 2.45) is 0 Å². The summed E-state index contributed by atoms with van der Waals surface area (Å²) in [6, 6.07) is 5.62. The summed E-state index contributed by atoms with van der Waals surface area (Å²) in [7, 11) is 0. The average Bonchev–Trinajstić information content (AvgIpc) is 2.32. The summed E-state index contributed by atoms with van der Waals surface area (Å²) < 4.78 is 18.9. The zero-order chi connectivity index (χ0) is 11.4. The summed E-state index contributed by atoms with van der Waals surface area (Å²) in [6.45, 7) is 2.51. The second-order valence-electron chi connectivity index (χ2n) is 4.01. The minimum absolute atomic E-state index is 0.206. The van der Waals surface area contributed by atoms with Crippen LogP contribution < -0.4 is 5.32 Å². The van der Waals surface area contributed by atoms with E-state index < -0.39 is 0 Å². The Kier molecular flexibility index (Phi) is 4.32. The first kappa shape index (κ1) is 12.0. The largest absolute Gasteiger partial charge is 0.379 e. The van der Waals surface area contributed by atoms with Gasteiger partial charge in [-0.05, 0) is 46.5 Å². The topological polar surface area (TPSA) is 21.3 Å². The molecule has 1 unspecified atom stereocenters. The zero-order valence-electron chi connectivity index (χ0n) is 9.01. The van der Waals surface area contributed by atoms with Crippen LogP contribution in [0, 0.1) is 5.82 Å². The highest BCUT2D eigenvalue weighted by molar-refractivity contribution is 9.10. The maximum atomic E-state index is 13.0. The van der Waals surface area contributed by atoms with Crippen molar-refractivity contribution in [2.45, 2.75) is 18.9 Å². The number of aryl methyl sites for hydroxylation is 1. The molecule has 1 fully saturated rings. The summed E-state index contributed by atoms with van der Waals surface area (Å²) in [5.74, 6) is -0.206. The number of halogens is 2. The van der Waals surface area contributed by atoms with Gasteiger partial charge in [0.2, 0.25) is 0 Å². The second-order valence-corrected chi connectivity index (χ2v) is 4.87. The van der Waals surface area contributed by atoms with E-state index in [0.29, 0.717) is 10.5 Å². The third kappa shape index (κ3) is 3.27. The van der Waals surface area contributed by atoms with E-state index in [9.17, 15) is 4.39 Å². The highest BCUT2D eigenvalue weighted by atomic mass is 79.9. The normalized spacial score (nSPS) is 21.0. The molecule has 0 amide bonds. The van der Waals surface area contributed by atoms with Crippen molar-refractivity contribution in [3.8, 4) is 0 Å². The summed E-state index contributed by atoms with van der Waals surface area (Å²) in [4.78, 5) is 0. The molecule has 1 aliphatic heterocycles. The van der Waals surface area contributed by atoms with Crippen molar-refractivity contribution in [3.05, 3.63) is 34.1 Å². The lowest BCUT2D eigenvalue weighted by Crippen LogP contribution is -2.41. The van der Waals surface area contributed by atoms with E-state index >= 15 is 0 Å². The zero-order valence-corrected chi connectivity index (χ0v) is 10.6. The third-order valence-corrected chi connectivity index (χ3v) is 3.37. The molecule has 1 N–H and O–H groups in total. The first-order valence-electron chi connectivity index (χ1n) is 5.51. The highest BCUT2D eigenvalue weighted by Crippen LogP contribution is 2.18. The minimum atomic E-state index is -0.206. The van der Waals surface area contributed by atoms with Crippen LogP contribution in [0.15, 0.2) is 22.7 Å². The standard InChI is InChI=1S/C12H15BrFNO/c13-11-7-9(2-4-12(11)14)1-3-10-8-16-6-5-15-10/h2,4,7,10,15H,1,3,5-6,8H2. The number of rotatable bonds is 3. The fraction of sp³-hybridized carbons (Fsp3) is 0.500. The van der Waals surface area contributed by atoms with Gasteiger partial charge in [0, 0.05) is 12.6 Å². The van der Waals surface area contributed by atoms with E-state index in [0.717, 1.165) is 38.2 Å². The highest BCUT2D eigenvalue weighted by Gasteiger charge is 2.12. The van der Waals surface area contributed by atoms with E-state index in [2.05, 4.69) is 21.2 Å². The molecule has 1 saturated heterocycles. The predicted molar refractivity (Wildman–Crippen MR) is 65.0 cm³/mol. The number of benzene rings is 1. The van der Waals surface area contributed by atoms with Crippen molar-refractivity contribution < 1.29 is 9.13 Å². The fourth-order valence-electron chi connectivity index (χ4n) is 1.84. The predicted octanol–water partition coefficient (Wildman–Crippen LogP) is 2.51. The van der Waals surface area contributed by atoms with Crippen molar-refractivity contribution in [3.63, 3.8) is 0 Å². The first-order valence-corrected chi connectivity index (χ1v) is 6.30. The van der Waals surface area contributed by atoms with Gasteiger partial charge in [0.05, 0.1) is 17.7 Å². The van der Waals surface area contributed by atoms with Crippen LogP contribution in [0.1, 0.15) is 12.0 Å². The molecule has 2 nitrogen and oxygen atoms in total. The summed E-state index contributed by atoms with van der Waals surface area (Å²) in [6.07, 6.45) is 1.97. The first-order chi connectivity index (χ1) is 7.75. The van der Waals surface area contributed by atoms with Gasteiger partial charge in [-0.15, -0.1) is 0 Å². The molecule has 0 aliphatic carbocycles. The number of nitrogens with one attached hydrogen (secondary N) is 1. The summed E-state index contributed by atoms with van der Waals surface area (Å²) >= 11 is 3.20. The molecule has 1 aromatic rings. The lowest BCUT2D eigenvalue weighted by Gasteiger charge is -2.23. The second kappa shape index (κ2) is 5.75. The molecule has 1 heterocycles. The molecule has 16 heavy (non-hydrogen) atoms. The number of hydrogen-bond donors (Lipinski definition) is 1. The van der Waals surface area contributed by atoms with E-state index in [1.54, 1.807) is 0 Å². The Bertz CT molecular complexity index is 353. The molecular weight excluding hydrogens is 273 g/mol. The van der Waals surface area contributed by atoms with E-state index in [4.69, 9.17) is 4.74 Å². The Balaban J connectivity index is 1.86. The quantitative estimate of drug-likeness (QED) is 0.922. The fourth-order valence-corrected chi connectivity index (χ4v) is 2.27. The molecule has 1 aromatic carbocycles. The lowest BCUT2D eigenvalue weighted by atomic mass is 10.1. The van der Waals surface area contributed by atoms with Gasteiger partial charge in [0.25, 0.3) is 0 Å². The van der Waals surface area contributed by atoms with Crippen LogP contribution in [0.25, 0.3) is 0 Å². The van der Waals surface area contributed by atoms with Crippen LogP contribution in [-0.4, -0.2) is 25.8 Å². The number of morpholine rings is 1. The van der Waals surface area contributed by atoms with Crippen molar-refractivity contribution in [1.82, 2.24) is 5.32 Å². The summed E-state index contributed by atoms with van der Waals surface area (Å²) in [5, 5.41) is 3.40. The maximum Gasteiger partial charge on any atom is 0.137 e. The van der Waals surface area contributed by atoms with Crippen LogP contribution in [0.4, 0.5) is 4.39 Å². The molecule has 1 aliphatic rings. The average molecular weight is 288 g/mol. The van der Waals surface area contributed by atoms with Gasteiger partial charge in [0.1, 0.15) is 5.82 Å². The molecular formula is C12H15BrFNO. The van der Waals surface area contributed by atoms with Gasteiger partial charge in [-0.2, -0.15) is 0 Å². The number of hydrogen-bond acceptors (Lipinski definition) is 2. The van der Waals surface area contributed by atoms with Gasteiger partial charge in [0.15, 0.2) is 0 Å². The maximum absolute atomic E-state index is 13.0. The molecule has 88 valence electrons. The van der Waals surface area contributed by atoms with Crippen LogP contribution in [0.5, 0.6) is 0 Å². The van der Waals surface area contributed by atoms with Crippen molar-refractivity contribution in [1.29, 1.82) is 0 Å². The third-order valence-electron chi connectivity index (χ3n) is 2.76. The van der Waals surface area contributed by atoms with Gasteiger partial charge in [-0.25, -0.2) is 4.39 Å². The molecule has 4 heteroatoms. The Labute approximate surface area is 103 Å². The van der Waals surface area contributed by atoms with Crippen LogP contribution in [-0.2, 0) is 11.2 Å². The summed E-state index contributed by atoms with van der Waals surface area (Å²) in [5.41, 5.74) is 1.15. The molecule has 0 spiro atoms. The molecule has 1 atom stereocenters. The van der Waals surface area contributed by atoms with Crippen LogP contribution >= 0.6 is 15.9 Å². The van der Waals surface area contributed by atoms with E-state index in [-0.39, 0.29) is 5.82 Å². The molecule has 0 bridgehead atoms. The van der Waals surface area contributed by atoms with Crippen LogP contribution in [0.3, 0.4) is 0 Å². The molecule has 0 aromatic heterocycles. The van der Waals surface area contributed by atoms with E-state index in [1.165, 1.54) is 6.07 Å². The monoisotopic (exact) mass is 287 g/mol.